The summed E-state index contributed by atoms with van der Waals surface area (Å²) < 4.78 is 26.2. The van der Waals surface area contributed by atoms with E-state index >= 15 is 0 Å². The highest BCUT2D eigenvalue weighted by molar-refractivity contribution is 7.90. The Balaban J connectivity index is 2.14. The van der Waals surface area contributed by atoms with E-state index in [1.807, 2.05) is 6.92 Å². The van der Waals surface area contributed by atoms with Crippen LogP contribution in [0.4, 0.5) is 0 Å². The molecule has 0 radical (unpaired) electrons. The van der Waals surface area contributed by atoms with Gasteiger partial charge in [0, 0.05) is 24.1 Å². The fraction of sp³-hybridized carbons (Fsp3) is 0.429. The summed E-state index contributed by atoms with van der Waals surface area (Å²) in [6.07, 6.45) is -0.496. The van der Waals surface area contributed by atoms with Crippen LogP contribution in [-0.2, 0) is 29.1 Å². The number of aliphatic hydroxyl groups excluding tert-OH is 1. The van der Waals surface area contributed by atoms with Gasteiger partial charge in [-0.2, -0.15) is 0 Å². The third-order valence-electron chi connectivity index (χ3n) is 3.40. The second-order valence-electron chi connectivity index (χ2n) is 5.04. The molecule has 0 aliphatic heterocycles. The number of aryl methyl sites for hydroxylation is 1. The summed E-state index contributed by atoms with van der Waals surface area (Å²) in [4.78, 5) is 0. The van der Waals surface area contributed by atoms with Gasteiger partial charge in [-0.1, -0.05) is 36.7 Å². The zero-order valence-corrected chi connectivity index (χ0v) is 14.0. The van der Waals surface area contributed by atoms with Crippen LogP contribution in [-0.4, -0.2) is 34.0 Å². The lowest BCUT2D eigenvalue weighted by atomic mass is 10.1. The van der Waals surface area contributed by atoms with E-state index in [1.165, 1.54) is 0 Å². The van der Waals surface area contributed by atoms with Crippen molar-refractivity contribution in [2.24, 2.45) is 7.05 Å². The topological polar surface area (TPSA) is 85.1 Å². The van der Waals surface area contributed by atoms with E-state index in [0.717, 1.165) is 5.82 Å². The average molecular weight is 344 g/mol. The molecule has 6 nitrogen and oxygen atoms in total. The maximum Gasteiger partial charge on any atom is 0.160 e. The molecule has 0 aliphatic rings. The van der Waals surface area contributed by atoms with E-state index in [9.17, 15) is 13.5 Å². The van der Waals surface area contributed by atoms with Gasteiger partial charge in [0.2, 0.25) is 0 Å². The molecule has 1 unspecified atom stereocenters. The Bertz CT molecular complexity index is 758. The van der Waals surface area contributed by atoms with E-state index in [1.54, 1.807) is 35.9 Å². The summed E-state index contributed by atoms with van der Waals surface area (Å²) in [6, 6.07) is 6.65. The van der Waals surface area contributed by atoms with Crippen LogP contribution in [0.2, 0.25) is 5.02 Å². The van der Waals surface area contributed by atoms with Crippen molar-refractivity contribution in [3.8, 4) is 0 Å². The molecule has 0 fully saturated rings. The first-order valence-electron chi connectivity index (χ1n) is 6.84. The van der Waals surface area contributed by atoms with Crippen LogP contribution in [0, 0.1) is 0 Å². The number of halogens is 1. The number of sulfone groups is 1. The van der Waals surface area contributed by atoms with E-state index in [4.69, 9.17) is 11.6 Å². The molecule has 0 spiro atoms. The van der Waals surface area contributed by atoms with Crippen molar-refractivity contribution in [1.82, 2.24) is 14.8 Å². The van der Waals surface area contributed by atoms with E-state index in [-0.39, 0.29) is 5.75 Å². The zero-order valence-electron chi connectivity index (χ0n) is 12.4. The third kappa shape index (κ3) is 3.85. The smallest absolute Gasteiger partial charge is 0.160 e. The summed E-state index contributed by atoms with van der Waals surface area (Å²) in [5, 5.41) is 18.3. The molecular weight excluding hydrogens is 326 g/mol. The van der Waals surface area contributed by atoms with Crippen LogP contribution in [0.25, 0.3) is 0 Å². The lowest BCUT2D eigenvalue weighted by molar-refractivity contribution is 0.201. The molecule has 0 saturated heterocycles. The molecule has 2 aromatic rings. The van der Waals surface area contributed by atoms with Gasteiger partial charge >= 0.3 is 0 Å². The summed E-state index contributed by atoms with van der Waals surface area (Å²) >= 11 is 5.97. The molecule has 0 amide bonds. The minimum absolute atomic E-state index is 0.266. The number of nitrogens with zero attached hydrogens (tertiary/aromatic N) is 3. The molecule has 8 heteroatoms. The van der Waals surface area contributed by atoms with Crippen molar-refractivity contribution >= 4 is 21.4 Å². The normalized spacial score (nSPS) is 13.3. The Morgan fingerprint density at radius 1 is 1.27 bits per heavy atom. The van der Waals surface area contributed by atoms with Crippen molar-refractivity contribution in [3.63, 3.8) is 0 Å². The van der Waals surface area contributed by atoms with Gasteiger partial charge in [-0.25, -0.2) is 8.42 Å². The van der Waals surface area contributed by atoms with Crippen LogP contribution in [0.1, 0.15) is 30.2 Å². The summed E-state index contributed by atoms with van der Waals surface area (Å²) in [6.45, 7) is 1.92. The number of hydrogen-bond acceptors (Lipinski definition) is 5. The molecule has 0 bridgehead atoms. The molecule has 22 heavy (non-hydrogen) atoms. The Morgan fingerprint density at radius 3 is 2.50 bits per heavy atom. The van der Waals surface area contributed by atoms with Gasteiger partial charge in [0.25, 0.3) is 0 Å². The molecule has 1 atom stereocenters. The predicted octanol–water partition coefficient (Wildman–Crippen LogP) is 1.68. The number of rotatable bonds is 6. The number of aliphatic hydroxyl groups is 1. The molecule has 1 aromatic carbocycles. The quantitative estimate of drug-likeness (QED) is 0.862. The Morgan fingerprint density at radius 2 is 1.91 bits per heavy atom. The zero-order chi connectivity index (χ0) is 16.3. The van der Waals surface area contributed by atoms with Crippen molar-refractivity contribution in [1.29, 1.82) is 0 Å². The lowest BCUT2D eigenvalue weighted by Gasteiger charge is -2.13. The predicted molar refractivity (Wildman–Crippen MR) is 84.3 cm³/mol. The fourth-order valence-corrected chi connectivity index (χ4v) is 3.85. The Hall–Kier alpha value is -1.44. The molecule has 1 N–H and O–H groups in total. The molecular formula is C14H18ClN3O3S. The molecule has 0 saturated carbocycles. The lowest BCUT2D eigenvalue weighted by Crippen LogP contribution is -2.18. The standard InChI is InChI=1S/C14H18ClN3O3S/c1-3-13-16-17-14(18(13)2)9-22(20,21)8-12(19)10-6-4-5-7-11(10)15/h4-7,12,19H,3,8-9H2,1-2H3. The van der Waals surface area contributed by atoms with Crippen molar-refractivity contribution < 1.29 is 13.5 Å². The van der Waals surface area contributed by atoms with E-state index < -0.39 is 21.7 Å². The SMILES string of the molecule is CCc1nnc(CS(=O)(=O)CC(O)c2ccccc2Cl)n1C. The van der Waals surface area contributed by atoms with Gasteiger partial charge in [0.05, 0.1) is 11.9 Å². The first-order valence-corrected chi connectivity index (χ1v) is 9.04. The largest absolute Gasteiger partial charge is 0.387 e. The van der Waals surface area contributed by atoms with Crippen molar-refractivity contribution in [2.45, 2.75) is 25.2 Å². The second kappa shape index (κ2) is 6.76. The molecule has 120 valence electrons. The van der Waals surface area contributed by atoms with Gasteiger partial charge < -0.3 is 9.67 Å². The average Bonchev–Trinajstić information content (AvgIpc) is 2.78. The molecule has 1 aromatic heterocycles. The van der Waals surface area contributed by atoms with Crippen LogP contribution in [0.5, 0.6) is 0 Å². The van der Waals surface area contributed by atoms with Crippen LogP contribution < -0.4 is 0 Å². The van der Waals surface area contributed by atoms with Gasteiger partial charge in [0.1, 0.15) is 17.4 Å². The molecule has 2 rings (SSSR count). The van der Waals surface area contributed by atoms with Crippen molar-refractivity contribution in [2.75, 3.05) is 5.75 Å². The van der Waals surface area contributed by atoms with Crippen LogP contribution in [0.15, 0.2) is 24.3 Å². The maximum absolute atomic E-state index is 12.3. The highest BCUT2D eigenvalue weighted by Crippen LogP contribution is 2.24. The summed E-state index contributed by atoms with van der Waals surface area (Å²) in [5.41, 5.74) is 0.403. The van der Waals surface area contributed by atoms with E-state index in [0.29, 0.717) is 22.8 Å². The van der Waals surface area contributed by atoms with E-state index in [2.05, 4.69) is 10.2 Å². The Kier molecular flexibility index (Phi) is 5.20. The second-order valence-corrected chi connectivity index (χ2v) is 7.55. The monoisotopic (exact) mass is 343 g/mol. The van der Waals surface area contributed by atoms with Gasteiger partial charge in [-0.05, 0) is 6.07 Å². The van der Waals surface area contributed by atoms with Crippen LogP contribution >= 0.6 is 11.6 Å². The van der Waals surface area contributed by atoms with Crippen molar-refractivity contribution in [3.05, 3.63) is 46.5 Å². The molecule has 0 aliphatic carbocycles. The summed E-state index contributed by atoms with van der Waals surface area (Å²) in [7, 11) is -1.82. The van der Waals surface area contributed by atoms with Gasteiger partial charge in [-0.15, -0.1) is 10.2 Å². The maximum atomic E-state index is 12.3. The Labute approximate surface area is 134 Å². The first-order chi connectivity index (χ1) is 10.3. The third-order valence-corrected chi connectivity index (χ3v) is 5.26. The minimum atomic E-state index is -3.55. The van der Waals surface area contributed by atoms with Crippen LogP contribution in [0.3, 0.4) is 0 Å². The van der Waals surface area contributed by atoms with Gasteiger partial charge in [0.15, 0.2) is 9.84 Å². The molecule has 1 heterocycles. The number of aromatic nitrogens is 3. The number of hydrogen-bond donors (Lipinski definition) is 1. The first kappa shape index (κ1) is 16.9. The van der Waals surface area contributed by atoms with Gasteiger partial charge in [-0.3, -0.25) is 0 Å². The highest BCUT2D eigenvalue weighted by atomic mass is 35.5. The fourth-order valence-electron chi connectivity index (χ4n) is 2.16. The number of benzene rings is 1. The summed E-state index contributed by atoms with van der Waals surface area (Å²) in [5.74, 6) is 0.406. The highest BCUT2D eigenvalue weighted by Gasteiger charge is 2.23. The minimum Gasteiger partial charge on any atom is -0.387 e.